The Kier molecular flexibility index (Phi) is 9.07. The first-order valence-corrected chi connectivity index (χ1v) is 12.5. The summed E-state index contributed by atoms with van der Waals surface area (Å²) < 4.78 is 27.9. The zero-order valence-corrected chi connectivity index (χ0v) is 18.9. The Morgan fingerprint density at radius 3 is 2.10 bits per heavy atom. The quantitative estimate of drug-likeness (QED) is 0.197. The van der Waals surface area contributed by atoms with Crippen LogP contribution in [0.2, 0.25) is 0 Å². The first-order chi connectivity index (χ1) is 14.6. The smallest absolute Gasteiger partial charge is 0.142 e. The normalized spacial score (nSPS) is 26.5. The van der Waals surface area contributed by atoms with Gasteiger partial charge in [-0.25, -0.2) is 8.78 Å². The summed E-state index contributed by atoms with van der Waals surface area (Å²) in [6, 6.07) is 2.47. The Morgan fingerprint density at radius 2 is 1.53 bits per heavy atom. The van der Waals surface area contributed by atoms with Crippen LogP contribution in [0, 0.1) is 57.8 Å². The molecule has 1 nitrogen and oxygen atoms in total. The molecule has 0 bridgehead atoms. The average molecular weight is 430 g/mol. The number of hydrogen-bond acceptors (Lipinski definition) is 2. The van der Waals surface area contributed by atoms with Crippen LogP contribution >= 0.6 is 11.8 Å². The number of thioether (sulfide) groups is 1. The van der Waals surface area contributed by atoms with Crippen molar-refractivity contribution in [3.05, 3.63) is 29.3 Å². The molecule has 2 aliphatic rings. The molecule has 0 unspecified atom stereocenters. The molecular formula is C26H33F2NS. The van der Waals surface area contributed by atoms with E-state index in [4.69, 9.17) is 5.26 Å². The lowest BCUT2D eigenvalue weighted by Gasteiger charge is -2.37. The van der Waals surface area contributed by atoms with Gasteiger partial charge in [-0.1, -0.05) is 57.3 Å². The van der Waals surface area contributed by atoms with Crippen LogP contribution in [0.4, 0.5) is 8.78 Å². The van der Waals surface area contributed by atoms with Crippen molar-refractivity contribution in [1.82, 2.24) is 0 Å². The zero-order chi connectivity index (χ0) is 21.3. The largest absolute Gasteiger partial charge is 0.206 e. The third-order valence-corrected chi connectivity index (χ3v) is 7.80. The molecule has 2 aliphatic carbocycles. The highest BCUT2D eigenvalue weighted by atomic mass is 32.2. The topological polar surface area (TPSA) is 23.8 Å². The lowest BCUT2D eigenvalue weighted by Crippen LogP contribution is -2.25. The molecule has 4 heteroatoms. The molecular weight excluding hydrogens is 396 g/mol. The van der Waals surface area contributed by atoms with Crippen molar-refractivity contribution < 1.29 is 8.78 Å². The van der Waals surface area contributed by atoms with Gasteiger partial charge in [-0.3, -0.25) is 0 Å². The van der Waals surface area contributed by atoms with Gasteiger partial charge in [-0.15, -0.1) is 0 Å². The maximum absolute atomic E-state index is 14.0. The summed E-state index contributed by atoms with van der Waals surface area (Å²) in [7, 11) is 0. The van der Waals surface area contributed by atoms with E-state index in [0.29, 0.717) is 23.2 Å². The van der Waals surface area contributed by atoms with Gasteiger partial charge in [0.05, 0.1) is 4.90 Å². The second kappa shape index (κ2) is 11.8. The van der Waals surface area contributed by atoms with Crippen LogP contribution in [0.15, 0.2) is 17.0 Å². The molecule has 1 aromatic carbocycles. The number of nitrogens with zero attached hydrogens (tertiary/aromatic N) is 1. The van der Waals surface area contributed by atoms with E-state index in [1.807, 2.05) is 0 Å². The Labute approximate surface area is 185 Å². The second-order valence-corrected chi connectivity index (χ2v) is 9.91. The molecule has 30 heavy (non-hydrogen) atoms. The third kappa shape index (κ3) is 6.49. The van der Waals surface area contributed by atoms with Crippen molar-refractivity contribution in [2.24, 2.45) is 23.7 Å². The number of hydrogen-bond donors (Lipinski definition) is 0. The average Bonchev–Trinajstić information content (AvgIpc) is 2.76. The minimum atomic E-state index is -0.708. The monoisotopic (exact) mass is 429 g/mol. The van der Waals surface area contributed by atoms with E-state index in [-0.39, 0.29) is 4.90 Å². The predicted molar refractivity (Wildman–Crippen MR) is 120 cm³/mol. The lowest BCUT2D eigenvalue weighted by molar-refractivity contribution is 0.153. The number of unbranched alkanes of at least 4 members (excludes halogenated alkanes) is 2. The summed E-state index contributed by atoms with van der Waals surface area (Å²) in [6.07, 6.45) is 15.9. The number of benzene rings is 1. The molecule has 0 spiro atoms. The molecule has 0 aromatic heterocycles. The van der Waals surface area contributed by atoms with Crippen molar-refractivity contribution in [1.29, 1.82) is 5.26 Å². The van der Waals surface area contributed by atoms with Gasteiger partial charge >= 0.3 is 0 Å². The number of halogens is 2. The molecule has 0 radical (unpaired) electrons. The SMILES string of the molecule is CCCCCC1CCC(C2CCC(C#Cc3cc(F)c(SC#N)c(F)c3)CC2)CC1. The molecule has 2 saturated carbocycles. The van der Waals surface area contributed by atoms with E-state index in [9.17, 15) is 8.78 Å². The van der Waals surface area contributed by atoms with Crippen molar-refractivity contribution in [3.8, 4) is 17.2 Å². The van der Waals surface area contributed by atoms with E-state index >= 15 is 0 Å². The van der Waals surface area contributed by atoms with E-state index in [1.54, 1.807) is 5.40 Å². The molecule has 0 saturated heterocycles. The molecule has 0 heterocycles. The number of thiocyanates is 1. The highest BCUT2D eigenvalue weighted by molar-refractivity contribution is 8.03. The Balaban J connectivity index is 1.45. The number of rotatable bonds is 6. The Bertz CT molecular complexity index is 764. The predicted octanol–water partition coefficient (Wildman–Crippen LogP) is 8.08. The molecule has 1 aromatic rings. The standard InChI is InChI=1S/C26H33F2NS/c1-2-3-4-5-19-8-12-22(13-9-19)23-14-10-20(11-15-23)6-7-21-16-24(27)26(30-18-29)25(28)17-21/h16-17,19-20,22-23H,2-5,8-15H2,1H3. The van der Waals surface area contributed by atoms with E-state index in [1.165, 1.54) is 76.3 Å². The van der Waals surface area contributed by atoms with Gasteiger partial charge in [0.15, 0.2) is 0 Å². The highest BCUT2D eigenvalue weighted by Crippen LogP contribution is 2.42. The first kappa shape index (κ1) is 23.1. The van der Waals surface area contributed by atoms with Gasteiger partial charge in [0.2, 0.25) is 0 Å². The van der Waals surface area contributed by atoms with Crippen LogP contribution in [0.3, 0.4) is 0 Å². The van der Waals surface area contributed by atoms with Gasteiger partial charge in [-0.05, 0) is 80.2 Å². The van der Waals surface area contributed by atoms with Crippen molar-refractivity contribution in [3.63, 3.8) is 0 Å². The Hall–Kier alpha value is -1.52. The van der Waals surface area contributed by atoms with Crippen LogP contribution in [-0.4, -0.2) is 0 Å². The molecule has 3 rings (SSSR count). The summed E-state index contributed by atoms with van der Waals surface area (Å²) in [5.74, 6) is 7.83. The summed E-state index contributed by atoms with van der Waals surface area (Å²) >= 11 is 0.509. The molecule has 2 fully saturated rings. The fourth-order valence-corrected chi connectivity index (χ4v) is 5.73. The molecule has 0 N–H and O–H groups in total. The first-order valence-electron chi connectivity index (χ1n) is 11.7. The van der Waals surface area contributed by atoms with Crippen molar-refractivity contribution >= 4 is 11.8 Å². The van der Waals surface area contributed by atoms with E-state index in [2.05, 4.69) is 18.8 Å². The summed E-state index contributed by atoms with van der Waals surface area (Å²) in [6.45, 7) is 2.28. The van der Waals surface area contributed by atoms with Crippen LogP contribution in [0.25, 0.3) is 0 Å². The van der Waals surface area contributed by atoms with Crippen molar-refractivity contribution in [2.75, 3.05) is 0 Å². The maximum atomic E-state index is 14.0. The fourth-order valence-electron chi connectivity index (χ4n) is 5.33. The summed E-state index contributed by atoms with van der Waals surface area (Å²) in [5.41, 5.74) is 0.357. The molecule has 0 aliphatic heterocycles. The fraction of sp³-hybridized carbons (Fsp3) is 0.654. The molecule has 0 amide bonds. The minimum Gasteiger partial charge on any atom is -0.206 e. The van der Waals surface area contributed by atoms with Gasteiger partial charge in [0.25, 0.3) is 0 Å². The Morgan fingerprint density at radius 1 is 0.933 bits per heavy atom. The van der Waals surface area contributed by atoms with E-state index < -0.39 is 11.6 Å². The highest BCUT2D eigenvalue weighted by Gasteiger charge is 2.30. The minimum absolute atomic E-state index is 0.247. The molecule has 0 atom stereocenters. The van der Waals surface area contributed by atoms with Crippen LogP contribution in [0.5, 0.6) is 0 Å². The van der Waals surface area contributed by atoms with Crippen LogP contribution in [0.1, 0.15) is 89.5 Å². The van der Waals surface area contributed by atoms with Gasteiger partial charge < -0.3 is 0 Å². The maximum Gasteiger partial charge on any atom is 0.142 e. The zero-order valence-electron chi connectivity index (χ0n) is 18.1. The second-order valence-electron chi connectivity index (χ2n) is 9.12. The van der Waals surface area contributed by atoms with Gasteiger partial charge in [0.1, 0.15) is 17.0 Å². The molecule has 162 valence electrons. The van der Waals surface area contributed by atoms with E-state index in [0.717, 1.165) is 30.6 Å². The van der Waals surface area contributed by atoms with Gasteiger partial charge in [0, 0.05) is 11.5 Å². The van der Waals surface area contributed by atoms with Crippen LogP contribution in [-0.2, 0) is 0 Å². The number of nitriles is 1. The van der Waals surface area contributed by atoms with Crippen LogP contribution < -0.4 is 0 Å². The lowest BCUT2D eigenvalue weighted by atomic mass is 9.69. The van der Waals surface area contributed by atoms with Crippen molar-refractivity contribution in [2.45, 2.75) is 88.9 Å². The third-order valence-electron chi connectivity index (χ3n) is 7.11. The van der Waals surface area contributed by atoms with Gasteiger partial charge in [-0.2, -0.15) is 5.26 Å². The summed E-state index contributed by atoms with van der Waals surface area (Å²) in [5, 5.41) is 10.3. The summed E-state index contributed by atoms with van der Waals surface area (Å²) in [4.78, 5) is -0.247.